The summed E-state index contributed by atoms with van der Waals surface area (Å²) < 4.78 is 0. The van der Waals surface area contributed by atoms with Crippen LogP contribution in [-0.2, 0) is 0 Å². The fraction of sp³-hybridized carbons (Fsp3) is 0.182. The Morgan fingerprint density at radius 2 is 0.875 bits per heavy atom. The summed E-state index contributed by atoms with van der Waals surface area (Å²) >= 11 is 0. The molecule has 0 radical (unpaired) electrons. The van der Waals surface area contributed by atoms with Gasteiger partial charge < -0.3 is 4.90 Å². The van der Waals surface area contributed by atoms with Crippen molar-refractivity contribution < 1.29 is 0 Å². The van der Waals surface area contributed by atoms with Crippen molar-refractivity contribution >= 4 is 23.6 Å². The Bertz CT molecular complexity index is 657. The predicted molar refractivity (Wildman–Crippen MR) is 107 cm³/mol. The van der Waals surface area contributed by atoms with Crippen molar-refractivity contribution in [1.82, 2.24) is 4.90 Å². The van der Waals surface area contributed by atoms with Crippen LogP contribution in [0.5, 0.6) is 0 Å². The molecule has 0 aliphatic rings. The molecule has 0 unspecified atom stereocenters. The lowest BCUT2D eigenvalue weighted by Gasteiger charge is -2.42. The Kier molecular flexibility index (Phi) is 4.98. The lowest BCUT2D eigenvalue weighted by molar-refractivity contribution is 0.387. The van der Waals surface area contributed by atoms with E-state index in [-0.39, 0.29) is 0 Å². The van der Waals surface area contributed by atoms with E-state index in [9.17, 15) is 0 Å². The molecule has 0 spiro atoms. The van der Waals surface area contributed by atoms with Gasteiger partial charge in [-0.3, -0.25) is 0 Å². The Hall–Kier alpha value is -2.16. The summed E-state index contributed by atoms with van der Waals surface area (Å²) in [6.07, 6.45) is 0. The van der Waals surface area contributed by atoms with Gasteiger partial charge in [-0.1, -0.05) is 97.9 Å². The van der Waals surface area contributed by atoms with Gasteiger partial charge in [0.25, 0.3) is 0 Å². The highest BCUT2D eigenvalue weighted by Crippen LogP contribution is 2.15. The molecule has 0 amide bonds. The van der Waals surface area contributed by atoms with Gasteiger partial charge in [-0.2, -0.15) is 0 Å². The van der Waals surface area contributed by atoms with Crippen molar-refractivity contribution in [1.29, 1.82) is 0 Å². The summed E-state index contributed by atoms with van der Waals surface area (Å²) in [6.45, 7) is 2.37. The lowest BCUT2D eigenvalue weighted by Crippen LogP contribution is -2.76. The molecule has 0 fully saturated rings. The van der Waals surface area contributed by atoms with Crippen LogP contribution < -0.4 is 15.6 Å². The molecule has 3 rings (SSSR count). The predicted octanol–water partition coefficient (Wildman–Crippen LogP) is 2.65. The first-order chi connectivity index (χ1) is 11.7. The quantitative estimate of drug-likeness (QED) is 0.513. The second-order valence-corrected chi connectivity index (χ2v) is 10.7. The molecule has 1 nitrogen and oxygen atoms in total. The largest absolute Gasteiger partial charge is 0.308 e. The van der Waals surface area contributed by atoms with E-state index in [1.165, 1.54) is 15.6 Å². The van der Waals surface area contributed by atoms with Crippen LogP contribution in [0.15, 0.2) is 91.0 Å². The third kappa shape index (κ3) is 2.83. The van der Waals surface area contributed by atoms with Crippen molar-refractivity contribution in [2.45, 2.75) is 12.6 Å². The first-order valence-electron chi connectivity index (χ1n) is 8.50. The standard InChI is InChI=1S/C22H25NSi/c1-19(23(2)3)24(20-13-7-4-8-14-20,21-15-9-5-10-16-21)22-17-11-6-12-18-22/h4-19H,1-3H3/t19-/m0/s1. The second-order valence-electron chi connectivity index (χ2n) is 6.55. The molecule has 3 aromatic rings. The fourth-order valence-electron chi connectivity index (χ4n) is 3.71. The zero-order valence-corrected chi connectivity index (χ0v) is 15.7. The Labute approximate surface area is 146 Å². The molecule has 1 atom stereocenters. The third-order valence-electron chi connectivity index (χ3n) is 5.09. The molecule has 0 saturated carbocycles. The van der Waals surface area contributed by atoms with Crippen molar-refractivity contribution in [2.24, 2.45) is 0 Å². The molecule has 0 heterocycles. The summed E-state index contributed by atoms with van der Waals surface area (Å²) in [4.78, 5) is 2.37. The normalized spacial score (nSPS) is 13.0. The fourth-order valence-corrected chi connectivity index (χ4v) is 9.09. The summed E-state index contributed by atoms with van der Waals surface area (Å²) in [7, 11) is 2.23. The van der Waals surface area contributed by atoms with Gasteiger partial charge in [0, 0.05) is 5.67 Å². The Morgan fingerprint density at radius 1 is 0.583 bits per heavy atom. The average Bonchev–Trinajstić information content (AvgIpc) is 2.65. The minimum Gasteiger partial charge on any atom is -0.308 e. The van der Waals surface area contributed by atoms with Gasteiger partial charge in [0.1, 0.15) is 0 Å². The minimum atomic E-state index is -2.16. The summed E-state index contributed by atoms with van der Waals surface area (Å²) in [5.41, 5.74) is 0.435. The highest BCUT2D eigenvalue weighted by Gasteiger charge is 2.45. The number of hydrogen-bond donors (Lipinski definition) is 0. The third-order valence-corrected chi connectivity index (χ3v) is 10.6. The molecule has 0 aliphatic carbocycles. The van der Waals surface area contributed by atoms with E-state index in [1.807, 2.05) is 0 Å². The van der Waals surface area contributed by atoms with Gasteiger partial charge >= 0.3 is 0 Å². The summed E-state index contributed by atoms with van der Waals surface area (Å²) in [6, 6.07) is 33.2. The molecule has 0 N–H and O–H groups in total. The van der Waals surface area contributed by atoms with Gasteiger partial charge in [-0.25, -0.2) is 0 Å². The van der Waals surface area contributed by atoms with Gasteiger partial charge in [0.15, 0.2) is 8.07 Å². The number of benzene rings is 3. The first-order valence-corrected chi connectivity index (χ1v) is 10.6. The molecular weight excluding hydrogens is 306 g/mol. The molecule has 122 valence electrons. The maximum absolute atomic E-state index is 2.37. The maximum Gasteiger partial charge on any atom is 0.164 e. The van der Waals surface area contributed by atoms with Crippen LogP contribution >= 0.6 is 0 Å². The van der Waals surface area contributed by atoms with Gasteiger partial charge in [-0.15, -0.1) is 0 Å². The highest BCUT2D eigenvalue weighted by atomic mass is 28.3. The summed E-state index contributed by atoms with van der Waals surface area (Å²) in [5.74, 6) is 0. The van der Waals surface area contributed by atoms with E-state index < -0.39 is 8.07 Å². The van der Waals surface area contributed by atoms with Gasteiger partial charge in [0.2, 0.25) is 0 Å². The van der Waals surface area contributed by atoms with E-state index in [0.717, 1.165) is 0 Å². The molecule has 2 heteroatoms. The monoisotopic (exact) mass is 331 g/mol. The van der Waals surface area contributed by atoms with Crippen molar-refractivity contribution in [3.63, 3.8) is 0 Å². The molecule has 0 aromatic heterocycles. The van der Waals surface area contributed by atoms with Gasteiger partial charge in [0.05, 0.1) is 0 Å². The molecule has 3 aromatic carbocycles. The van der Waals surface area contributed by atoms with Crippen LogP contribution in [0.2, 0.25) is 0 Å². The van der Waals surface area contributed by atoms with E-state index in [0.29, 0.717) is 5.67 Å². The molecular formula is C22H25NSi. The summed E-state index contributed by atoms with van der Waals surface area (Å²) in [5, 5.41) is 4.39. The van der Waals surface area contributed by atoms with Crippen LogP contribution in [0, 0.1) is 0 Å². The zero-order chi connectivity index (χ0) is 17.0. The number of rotatable bonds is 5. The van der Waals surface area contributed by atoms with E-state index >= 15 is 0 Å². The minimum absolute atomic E-state index is 0.435. The zero-order valence-electron chi connectivity index (χ0n) is 14.7. The first kappa shape index (κ1) is 16.7. The lowest BCUT2D eigenvalue weighted by atomic mass is 10.3. The van der Waals surface area contributed by atoms with Gasteiger partial charge in [-0.05, 0) is 29.7 Å². The van der Waals surface area contributed by atoms with Crippen molar-refractivity contribution in [2.75, 3.05) is 14.1 Å². The SMILES string of the molecule is C[C@@H](N(C)C)[Si](c1ccccc1)(c1ccccc1)c1ccccc1. The topological polar surface area (TPSA) is 3.24 Å². The second kappa shape index (κ2) is 7.16. The molecule has 0 aliphatic heterocycles. The smallest absolute Gasteiger partial charge is 0.164 e. The molecule has 24 heavy (non-hydrogen) atoms. The van der Waals surface area contributed by atoms with Crippen LogP contribution in [-0.4, -0.2) is 32.7 Å². The molecule has 0 bridgehead atoms. The Morgan fingerprint density at radius 3 is 1.12 bits per heavy atom. The van der Waals surface area contributed by atoms with Crippen molar-refractivity contribution in [3.05, 3.63) is 91.0 Å². The van der Waals surface area contributed by atoms with E-state index in [2.05, 4.69) is 117 Å². The van der Waals surface area contributed by atoms with Crippen LogP contribution in [0.25, 0.3) is 0 Å². The van der Waals surface area contributed by atoms with Crippen molar-refractivity contribution in [3.8, 4) is 0 Å². The highest BCUT2D eigenvalue weighted by molar-refractivity contribution is 7.12. The van der Waals surface area contributed by atoms with E-state index in [1.54, 1.807) is 0 Å². The molecule has 0 saturated heterocycles. The maximum atomic E-state index is 2.37. The number of nitrogens with zero attached hydrogens (tertiary/aromatic N) is 1. The average molecular weight is 332 g/mol. The number of hydrogen-bond acceptors (Lipinski definition) is 1. The van der Waals surface area contributed by atoms with Crippen LogP contribution in [0.1, 0.15) is 6.92 Å². The van der Waals surface area contributed by atoms with Crippen LogP contribution in [0.4, 0.5) is 0 Å². The van der Waals surface area contributed by atoms with Crippen LogP contribution in [0.3, 0.4) is 0 Å². The van der Waals surface area contributed by atoms with E-state index in [4.69, 9.17) is 0 Å². The Balaban J connectivity index is 2.37.